The van der Waals surface area contributed by atoms with Gasteiger partial charge in [-0.05, 0) is 61.7 Å². The quantitative estimate of drug-likeness (QED) is 0.304. The summed E-state index contributed by atoms with van der Waals surface area (Å²) in [5, 5.41) is 11.6. The number of hydrogen-bond acceptors (Lipinski definition) is 7. The van der Waals surface area contributed by atoms with Gasteiger partial charge >= 0.3 is 5.97 Å². The van der Waals surface area contributed by atoms with Crippen molar-refractivity contribution in [3.05, 3.63) is 86.1 Å². The van der Waals surface area contributed by atoms with Gasteiger partial charge in [0.1, 0.15) is 5.82 Å². The predicted molar refractivity (Wildman–Crippen MR) is 138 cm³/mol. The molecule has 192 valence electrons. The maximum atomic E-state index is 13.8. The topological polar surface area (TPSA) is 109 Å². The average molecular weight is 507 g/mol. The van der Waals surface area contributed by atoms with Crippen molar-refractivity contribution in [2.24, 2.45) is 0 Å². The van der Waals surface area contributed by atoms with E-state index in [1.54, 1.807) is 25.1 Å². The summed E-state index contributed by atoms with van der Waals surface area (Å²) in [7, 11) is 0. The molecule has 1 aliphatic carbocycles. The van der Waals surface area contributed by atoms with Crippen LogP contribution in [-0.4, -0.2) is 59.6 Å². The number of nitrogens with zero attached hydrogens (tertiary/aromatic N) is 3. The van der Waals surface area contributed by atoms with E-state index in [-0.39, 0.29) is 22.8 Å². The van der Waals surface area contributed by atoms with Crippen molar-refractivity contribution in [2.45, 2.75) is 25.8 Å². The molecule has 1 aromatic heterocycles. The number of carbonyl (C=O) groups is 1. The van der Waals surface area contributed by atoms with E-state index in [1.165, 1.54) is 0 Å². The summed E-state index contributed by atoms with van der Waals surface area (Å²) < 4.78 is 18.9. The molecule has 3 aromatic rings. The number of anilines is 1. The van der Waals surface area contributed by atoms with Crippen LogP contribution in [0.25, 0.3) is 16.3 Å². The van der Waals surface area contributed by atoms with Crippen molar-refractivity contribution >= 4 is 33.7 Å². The van der Waals surface area contributed by atoms with Crippen LogP contribution in [0.1, 0.15) is 35.8 Å². The number of nitrogens with one attached hydrogen (secondary N) is 1. The van der Waals surface area contributed by atoms with Gasteiger partial charge in [0, 0.05) is 43.6 Å². The molecular formula is C27H27FN4O5. The number of carbonyl (C=O) groups excluding carboxylic acids is 1. The minimum absolute atomic E-state index is 0.0305. The smallest absolute Gasteiger partial charge is 0.338 e. The first-order valence-corrected chi connectivity index (χ1v) is 12.3. The van der Waals surface area contributed by atoms with Crippen LogP contribution < -0.4 is 10.5 Å². The predicted octanol–water partition coefficient (Wildman–Crippen LogP) is 4.12. The molecule has 10 heteroatoms. The van der Waals surface area contributed by atoms with Gasteiger partial charge in [0.15, 0.2) is 0 Å². The van der Waals surface area contributed by atoms with E-state index in [9.17, 15) is 24.1 Å². The van der Waals surface area contributed by atoms with E-state index in [0.717, 1.165) is 62.4 Å². The Hall–Kier alpha value is -4.05. The Bertz CT molecular complexity index is 1440. The fourth-order valence-electron chi connectivity index (χ4n) is 5.19. The van der Waals surface area contributed by atoms with Crippen molar-refractivity contribution in [3.8, 4) is 0 Å². The molecule has 1 saturated heterocycles. The van der Waals surface area contributed by atoms with Crippen LogP contribution in [0.15, 0.2) is 53.3 Å². The number of rotatable bonds is 6. The summed E-state index contributed by atoms with van der Waals surface area (Å²) >= 11 is 0. The summed E-state index contributed by atoms with van der Waals surface area (Å²) in [4.78, 5) is 42.7. The van der Waals surface area contributed by atoms with Crippen LogP contribution >= 0.6 is 0 Å². The Morgan fingerprint density at radius 1 is 1.14 bits per heavy atom. The third-order valence-corrected chi connectivity index (χ3v) is 7.08. The monoisotopic (exact) mass is 506 g/mol. The number of hydrogen-bond donors (Lipinski definition) is 1. The zero-order valence-corrected chi connectivity index (χ0v) is 20.4. The van der Waals surface area contributed by atoms with Gasteiger partial charge in [0.05, 0.1) is 33.9 Å². The molecule has 0 bridgehead atoms. The van der Waals surface area contributed by atoms with Crippen LogP contribution in [-0.2, 0) is 4.74 Å². The molecule has 0 radical (unpaired) electrons. The minimum Gasteiger partial charge on any atom is -0.462 e. The third-order valence-electron chi connectivity index (χ3n) is 7.08. The van der Waals surface area contributed by atoms with E-state index in [1.807, 2.05) is 12.1 Å². The Morgan fingerprint density at radius 3 is 2.54 bits per heavy atom. The number of allylic oxidation sites excluding steroid dienone is 1. The average Bonchev–Trinajstić information content (AvgIpc) is 3.39. The summed E-state index contributed by atoms with van der Waals surface area (Å²) in [6.45, 7) is 5.51. The maximum absolute atomic E-state index is 13.8. The number of nitro benzene ring substituents is 1. The normalized spacial score (nSPS) is 18.2. The fraction of sp³-hybridized carbons (Fsp3) is 0.333. The maximum Gasteiger partial charge on any atom is 0.338 e. The first-order chi connectivity index (χ1) is 17.8. The Labute approximate surface area is 212 Å². The highest BCUT2D eigenvalue weighted by atomic mass is 19.1. The number of non-ortho nitro benzene ring substituents is 1. The Balaban J connectivity index is 1.28. The number of ether oxygens (including phenoxy) is 1. The van der Waals surface area contributed by atoms with Gasteiger partial charge in [-0.25, -0.2) is 9.18 Å². The van der Waals surface area contributed by atoms with Crippen molar-refractivity contribution in [3.63, 3.8) is 0 Å². The van der Waals surface area contributed by atoms with E-state index in [4.69, 9.17) is 4.74 Å². The van der Waals surface area contributed by atoms with Gasteiger partial charge in [-0.3, -0.25) is 19.8 Å². The summed E-state index contributed by atoms with van der Waals surface area (Å²) in [5.74, 6) is -1.14. The number of aromatic nitrogens is 1. The minimum atomic E-state index is -0.813. The lowest BCUT2D eigenvalue weighted by Gasteiger charge is -2.38. The first kappa shape index (κ1) is 24.6. The third kappa shape index (κ3) is 4.97. The van der Waals surface area contributed by atoms with Gasteiger partial charge in [-0.1, -0.05) is 6.08 Å². The fourth-order valence-corrected chi connectivity index (χ4v) is 5.19. The summed E-state index contributed by atoms with van der Waals surface area (Å²) in [6.07, 6.45) is 3.74. The lowest BCUT2D eigenvalue weighted by molar-refractivity contribution is -0.383. The number of benzene rings is 2. The highest BCUT2D eigenvalue weighted by molar-refractivity contribution is 5.92. The molecule has 1 aliphatic heterocycles. The second-order valence-electron chi connectivity index (χ2n) is 9.24. The van der Waals surface area contributed by atoms with Crippen LogP contribution in [0.5, 0.6) is 0 Å². The van der Waals surface area contributed by atoms with Crippen molar-refractivity contribution in [1.82, 2.24) is 9.88 Å². The molecule has 1 unspecified atom stereocenters. The standard InChI is InChI=1S/C27H27FN4O5/c1-2-37-27(34)17-3-6-20(7-4-17)30-9-11-31(12-10-30)21-8-5-18(13-21)24-16-22-23(26(33)29-24)14-19(28)15-25(22)32(35)36/h3-4,6-7,13-16,21H,2,5,8-12H2,1H3,(H,29,33). The number of aromatic amines is 1. The second kappa shape index (κ2) is 10.1. The number of piperazine rings is 1. The van der Waals surface area contributed by atoms with Gasteiger partial charge in [-0.2, -0.15) is 0 Å². The van der Waals surface area contributed by atoms with Crippen LogP contribution in [0, 0.1) is 15.9 Å². The summed E-state index contributed by atoms with van der Waals surface area (Å²) in [6, 6.07) is 11.1. The molecule has 1 fully saturated rings. The molecule has 1 atom stereocenters. The highest BCUT2D eigenvalue weighted by Crippen LogP contribution is 2.33. The molecule has 2 heterocycles. The number of pyridine rings is 1. The van der Waals surface area contributed by atoms with E-state index in [0.29, 0.717) is 17.9 Å². The second-order valence-corrected chi connectivity index (χ2v) is 9.24. The lowest BCUT2D eigenvalue weighted by atomic mass is 10.1. The molecular weight excluding hydrogens is 479 g/mol. The molecule has 2 aliphatic rings. The van der Waals surface area contributed by atoms with Gasteiger partial charge in [-0.15, -0.1) is 0 Å². The number of halogens is 1. The van der Waals surface area contributed by atoms with E-state index >= 15 is 0 Å². The number of fused-ring (bicyclic) bond motifs is 1. The van der Waals surface area contributed by atoms with Crippen LogP contribution in [0.3, 0.4) is 0 Å². The van der Waals surface area contributed by atoms with E-state index in [2.05, 4.69) is 20.9 Å². The zero-order valence-electron chi connectivity index (χ0n) is 20.4. The molecule has 9 nitrogen and oxygen atoms in total. The molecule has 5 rings (SSSR count). The van der Waals surface area contributed by atoms with Gasteiger partial charge in [0.25, 0.3) is 11.2 Å². The van der Waals surface area contributed by atoms with Gasteiger partial charge in [0.2, 0.25) is 0 Å². The first-order valence-electron chi connectivity index (χ1n) is 12.3. The molecule has 0 spiro atoms. The van der Waals surface area contributed by atoms with Crippen LogP contribution in [0.4, 0.5) is 15.8 Å². The molecule has 1 N–H and O–H groups in total. The zero-order chi connectivity index (χ0) is 26.1. The van der Waals surface area contributed by atoms with Crippen molar-refractivity contribution < 1.29 is 18.8 Å². The number of nitro groups is 1. The molecule has 2 aromatic carbocycles. The Kier molecular flexibility index (Phi) is 6.75. The van der Waals surface area contributed by atoms with Gasteiger partial charge < -0.3 is 14.6 Å². The van der Waals surface area contributed by atoms with Crippen molar-refractivity contribution in [1.29, 1.82) is 0 Å². The van der Waals surface area contributed by atoms with Crippen LogP contribution in [0.2, 0.25) is 0 Å². The van der Waals surface area contributed by atoms with Crippen molar-refractivity contribution in [2.75, 3.05) is 37.7 Å². The molecule has 37 heavy (non-hydrogen) atoms. The van der Waals surface area contributed by atoms with E-state index < -0.39 is 22.0 Å². The SMILES string of the molecule is CCOC(=O)c1ccc(N2CCN(C3C=C(c4cc5c([N+](=O)[O-])cc(F)cc5c(=O)[nH]4)CC3)CC2)cc1. The lowest BCUT2D eigenvalue weighted by Crippen LogP contribution is -2.49. The highest BCUT2D eigenvalue weighted by Gasteiger charge is 2.28. The number of H-pyrrole nitrogens is 1. The number of esters is 1. The molecule has 0 saturated carbocycles. The molecule has 0 amide bonds. The summed E-state index contributed by atoms with van der Waals surface area (Å²) in [5.41, 5.74) is 2.11. The largest absolute Gasteiger partial charge is 0.462 e. The Morgan fingerprint density at radius 2 is 1.86 bits per heavy atom.